The van der Waals surface area contributed by atoms with E-state index in [0.717, 1.165) is 11.3 Å². The molecule has 0 saturated carbocycles. The zero-order valence-corrected chi connectivity index (χ0v) is 17.8. The number of furan rings is 1. The number of aliphatic hydroxyl groups excluding tert-OH is 1. The van der Waals surface area contributed by atoms with Gasteiger partial charge in [-0.1, -0.05) is 17.7 Å². The number of halogens is 1. The van der Waals surface area contributed by atoms with E-state index in [9.17, 15) is 5.11 Å². The highest BCUT2D eigenvalue weighted by Gasteiger charge is 2.16. The molecule has 6 nitrogen and oxygen atoms in total. The molecule has 1 aromatic heterocycles. The minimum Gasteiger partial charge on any atom is -0.493 e. The lowest BCUT2D eigenvalue weighted by Gasteiger charge is -2.25. The second-order valence-electron chi connectivity index (χ2n) is 6.86. The average Bonchev–Trinajstić information content (AvgIpc) is 3.26. The summed E-state index contributed by atoms with van der Waals surface area (Å²) in [7, 11) is 3.22. The Morgan fingerprint density at radius 3 is 2.43 bits per heavy atom. The normalized spacial score (nSPS) is 12.0. The maximum atomic E-state index is 10.6. The predicted octanol–water partition coefficient (Wildman–Crippen LogP) is 4.39. The Morgan fingerprint density at radius 2 is 1.77 bits per heavy atom. The smallest absolute Gasteiger partial charge is 0.161 e. The first kappa shape index (κ1) is 22.0. The summed E-state index contributed by atoms with van der Waals surface area (Å²) >= 11 is 5.89. The van der Waals surface area contributed by atoms with Crippen molar-refractivity contribution in [3.05, 3.63) is 77.2 Å². The Bertz CT molecular complexity index is 898. The van der Waals surface area contributed by atoms with Gasteiger partial charge in [-0.3, -0.25) is 4.90 Å². The molecule has 7 heteroatoms. The van der Waals surface area contributed by atoms with Crippen LogP contribution < -0.4 is 14.2 Å². The van der Waals surface area contributed by atoms with Crippen LogP contribution in [-0.4, -0.2) is 43.5 Å². The first-order chi connectivity index (χ1) is 14.6. The number of nitrogens with zero attached hydrogens (tertiary/aromatic N) is 1. The van der Waals surface area contributed by atoms with Gasteiger partial charge in [0.05, 0.1) is 27.0 Å². The summed E-state index contributed by atoms with van der Waals surface area (Å²) < 4.78 is 21.9. The first-order valence-electron chi connectivity index (χ1n) is 9.59. The van der Waals surface area contributed by atoms with E-state index < -0.39 is 6.10 Å². The van der Waals surface area contributed by atoms with E-state index in [-0.39, 0.29) is 6.61 Å². The maximum absolute atomic E-state index is 10.6. The molecule has 0 amide bonds. The number of hydrogen-bond acceptors (Lipinski definition) is 6. The van der Waals surface area contributed by atoms with Crippen molar-refractivity contribution in [2.45, 2.75) is 19.2 Å². The molecule has 0 aliphatic heterocycles. The van der Waals surface area contributed by atoms with E-state index in [1.54, 1.807) is 44.7 Å². The summed E-state index contributed by atoms with van der Waals surface area (Å²) in [4.78, 5) is 2.09. The fraction of sp³-hybridized carbons (Fsp3) is 0.304. The van der Waals surface area contributed by atoms with Gasteiger partial charge >= 0.3 is 0 Å². The largest absolute Gasteiger partial charge is 0.493 e. The van der Waals surface area contributed by atoms with E-state index in [1.165, 1.54) is 0 Å². The molecule has 1 atom stereocenters. The summed E-state index contributed by atoms with van der Waals surface area (Å²) in [6.45, 7) is 1.73. The van der Waals surface area contributed by atoms with Crippen molar-refractivity contribution in [1.82, 2.24) is 4.90 Å². The lowest BCUT2D eigenvalue weighted by molar-refractivity contribution is 0.0604. The van der Waals surface area contributed by atoms with Crippen LogP contribution in [0.2, 0.25) is 5.02 Å². The monoisotopic (exact) mass is 431 g/mol. The van der Waals surface area contributed by atoms with Crippen LogP contribution in [0, 0.1) is 0 Å². The van der Waals surface area contributed by atoms with Gasteiger partial charge in [0.15, 0.2) is 11.5 Å². The number of methoxy groups -OCH3 is 2. The molecule has 0 saturated heterocycles. The van der Waals surface area contributed by atoms with Crippen molar-refractivity contribution >= 4 is 11.6 Å². The maximum Gasteiger partial charge on any atom is 0.161 e. The second kappa shape index (κ2) is 10.9. The SMILES string of the molecule is COc1ccc(CN(Cc2ccco2)C[C@H](O)COc2ccc(Cl)cc2)cc1OC. The van der Waals surface area contributed by atoms with Crippen molar-refractivity contribution in [2.24, 2.45) is 0 Å². The van der Waals surface area contributed by atoms with Gasteiger partial charge in [-0.05, 0) is 54.1 Å². The quantitative estimate of drug-likeness (QED) is 0.485. The molecule has 0 aliphatic carbocycles. The Labute approximate surface area is 181 Å². The summed E-state index contributed by atoms with van der Waals surface area (Å²) in [5.74, 6) is 2.83. The zero-order chi connectivity index (χ0) is 21.3. The molecule has 1 heterocycles. The molecule has 0 spiro atoms. The van der Waals surface area contributed by atoms with Crippen molar-refractivity contribution in [1.29, 1.82) is 0 Å². The van der Waals surface area contributed by atoms with Crippen LogP contribution in [0.25, 0.3) is 0 Å². The molecule has 0 fully saturated rings. The standard InChI is InChI=1S/C23H26ClNO5/c1-27-22-10-5-17(12-23(22)28-2)13-25(15-21-4-3-11-29-21)14-19(26)16-30-20-8-6-18(24)7-9-20/h3-12,19,26H,13-16H2,1-2H3/t19-/m0/s1. The fourth-order valence-electron chi connectivity index (χ4n) is 3.12. The number of ether oxygens (including phenoxy) is 3. The molecule has 3 rings (SSSR count). The number of benzene rings is 2. The molecule has 0 radical (unpaired) electrons. The van der Waals surface area contributed by atoms with Crippen LogP contribution in [0.1, 0.15) is 11.3 Å². The molecule has 30 heavy (non-hydrogen) atoms. The van der Waals surface area contributed by atoms with Crippen LogP contribution in [0.4, 0.5) is 0 Å². The Kier molecular flexibility index (Phi) is 8.02. The Balaban J connectivity index is 1.65. The summed E-state index contributed by atoms with van der Waals surface area (Å²) in [6, 6.07) is 16.6. The van der Waals surface area contributed by atoms with Crippen LogP contribution in [0.5, 0.6) is 17.2 Å². The minimum absolute atomic E-state index is 0.169. The molecular formula is C23H26ClNO5. The van der Waals surface area contributed by atoms with Gasteiger partial charge in [0, 0.05) is 18.1 Å². The third-order valence-corrected chi connectivity index (χ3v) is 4.79. The van der Waals surface area contributed by atoms with Crippen molar-refractivity contribution in [3.63, 3.8) is 0 Å². The van der Waals surface area contributed by atoms with Gasteiger partial charge in [0.25, 0.3) is 0 Å². The highest BCUT2D eigenvalue weighted by atomic mass is 35.5. The van der Waals surface area contributed by atoms with E-state index in [0.29, 0.717) is 41.9 Å². The molecular weight excluding hydrogens is 406 g/mol. The molecule has 3 aromatic rings. The van der Waals surface area contributed by atoms with Gasteiger partial charge < -0.3 is 23.7 Å². The fourth-order valence-corrected chi connectivity index (χ4v) is 3.25. The molecule has 0 unspecified atom stereocenters. The van der Waals surface area contributed by atoms with Gasteiger partial charge in [-0.15, -0.1) is 0 Å². The van der Waals surface area contributed by atoms with Crippen LogP contribution >= 0.6 is 11.6 Å². The molecule has 1 N–H and O–H groups in total. The summed E-state index contributed by atoms with van der Waals surface area (Å²) in [5, 5.41) is 11.2. The Morgan fingerprint density at radius 1 is 1.00 bits per heavy atom. The minimum atomic E-state index is -0.684. The lowest BCUT2D eigenvalue weighted by atomic mass is 10.1. The van der Waals surface area contributed by atoms with E-state index in [1.807, 2.05) is 30.3 Å². The lowest BCUT2D eigenvalue weighted by Crippen LogP contribution is -2.35. The molecule has 0 bridgehead atoms. The zero-order valence-electron chi connectivity index (χ0n) is 17.1. The third kappa shape index (κ3) is 6.42. The van der Waals surface area contributed by atoms with Crippen molar-refractivity contribution < 1.29 is 23.7 Å². The highest BCUT2D eigenvalue weighted by molar-refractivity contribution is 6.30. The highest BCUT2D eigenvalue weighted by Crippen LogP contribution is 2.28. The topological polar surface area (TPSA) is 64.3 Å². The average molecular weight is 432 g/mol. The molecule has 160 valence electrons. The van der Waals surface area contributed by atoms with Crippen LogP contribution in [0.15, 0.2) is 65.3 Å². The molecule has 2 aromatic carbocycles. The van der Waals surface area contributed by atoms with Crippen LogP contribution in [0.3, 0.4) is 0 Å². The van der Waals surface area contributed by atoms with E-state index >= 15 is 0 Å². The van der Waals surface area contributed by atoms with Gasteiger partial charge in [0.1, 0.15) is 24.2 Å². The van der Waals surface area contributed by atoms with Gasteiger partial charge in [-0.25, -0.2) is 0 Å². The first-order valence-corrected chi connectivity index (χ1v) is 9.97. The van der Waals surface area contributed by atoms with Crippen LogP contribution in [-0.2, 0) is 13.1 Å². The summed E-state index contributed by atoms with van der Waals surface area (Å²) in [5.41, 5.74) is 1.03. The molecule has 0 aliphatic rings. The van der Waals surface area contributed by atoms with Crippen molar-refractivity contribution in [2.75, 3.05) is 27.4 Å². The van der Waals surface area contributed by atoms with Gasteiger partial charge in [-0.2, -0.15) is 0 Å². The summed E-state index contributed by atoms with van der Waals surface area (Å²) in [6.07, 6.45) is 0.958. The van der Waals surface area contributed by atoms with E-state index in [4.69, 9.17) is 30.2 Å². The number of rotatable bonds is 11. The number of hydrogen-bond donors (Lipinski definition) is 1. The van der Waals surface area contributed by atoms with Gasteiger partial charge in [0.2, 0.25) is 0 Å². The number of aliphatic hydroxyl groups is 1. The Hall–Kier alpha value is -2.67. The third-order valence-electron chi connectivity index (χ3n) is 4.54. The predicted molar refractivity (Wildman–Crippen MR) is 115 cm³/mol. The van der Waals surface area contributed by atoms with E-state index in [2.05, 4.69) is 4.90 Å². The van der Waals surface area contributed by atoms with Crippen molar-refractivity contribution in [3.8, 4) is 17.2 Å². The second-order valence-corrected chi connectivity index (χ2v) is 7.29.